The lowest BCUT2D eigenvalue weighted by atomic mass is 10.2. The monoisotopic (exact) mass is 315 g/mol. The Kier molecular flexibility index (Phi) is 4.96. The summed E-state index contributed by atoms with van der Waals surface area (Å²) in [6.07, 6.45) is -0.734. The van der Waals surface area contributed by atoms with Gasteiger partial charge in [-0.25, -0.2) is 4.79 Å². The first-order valence-electron chi connectivity index (χ1n) is 5.19. The second-order valence-electron chi connectivity index (χ2n) is 3.76. The van der Waals surface area contributed by atoms with Crippen molar-refractivity contribution >= 4 is 33.5 Å². The van der Waals surface area contributed by atoms with Crippen LogP contribution in [0, 0.1) is 0 Å². The summed E-state index contributed by atoms with van der Waals surface area (Å²) in [6.45, 7) is 3.52. The SMILES string of the molecule is CC(C)OC(=O)Nc1ccc(/C(N)=N/O)cc1Br. The molecule has 1 aromatic rings. The molecule has 0 saturated carbocycles. The van der Waals surface area contributed by atoms with Crippen molar-refractivity contribution in [2.75, 3.05) is 5.32 Å². The average molecular weight is 316 g/mol. The van der Waals surface area contributed by atoms with Crippen molar-refractivity contribution in [3.63, 3.8) is 0 Å². The number of ether oxygens (including phenoxy) is 1. The Balaban J connectivity index is 2.83. The Bertz CT molecular complexity index is 475. The van der Waals surface area contributed by atoms with Gasteiger partial charge >= 0.3 is 6.09 Å². The molecule has 1 rings (SSSR count). The van der Waals surface area contributed by atoms with Crippen LogP contribution in [-0.2, 0) is 4.74 Å². The molecule has 1 aromatic carbocycles. The smallest absolute Gasteiger partial charge is 0.411 e. The van der Waals surface area contributed by atoms with Crippen molar-refractivity contribution < 1.29 is 14.7 Å². The molecule has 4 N–H and O–H groups in total. The molecule has 0 aliphatic heterocycles. The first-order chi connectivity index (χ1) is 8.43. The molecule has 0 radical (unpaired) electrons. The standard InChI is InChI=1S/C11H14BrN3O3/c1-6(2)18-11(16)14-9-4-3-7(5-8(9)12)10(13)15-17/h3-6,17H,1-2H3,(H2,13,15)(H,14,16). The lowest BCUT2D eigenvalue weighted by molar-refractivity contribution is 0.130. The van der Waals surface area contributed by atoms with Crippen LogP contribution in [0.1, 0.15) is 19.4 Å². The number of carbonyl (C=O) groups is 1. The van der Waals surface area contributed by atoms with Gasteiger partial charge in [-0.3, -0.25) is 5.32 Å². The van der Waals surface area contributed by atoms with Gasteiger partial charge in [-0.15, -0.1) is 0 Å². The fourth-order valence-electron chi connectivity index (χ4n) is 1.19. The number of hydrogen-bond acceptors (Lipinski definition) is 4. The predicted octanol–water partition coefficient (Wildman–Crippen LogP) is 2.50. The summed E-state index contributed by atoms with van der Waals surface area (Å²) in [5, 5.41) is 14.0. The molecule has 0 fully saturated rings. The lowest BCUT2D eigenvalue weighted by Gasteiger charge is -2.11. The molecule has 0 heterocycles. The Morgan fingerprint density at radius 3 is 2.72 bits per heavy atom. The molecule has 0 aliphatic rings. The van der Waals surface area contributed by atoms with Gasteiger partial charge in [-0.05, 0) is 48.0 Å². The van der Waals surface area contributed by atoms with Crippen molar-refractivity contribution in [3.8, 4) is 0 Å². The third kappa shape index (κ3) is 3.92. The fourth-order valence-corrected chi connectivity index (χ4v) is 1.66. The van der Waals surface area contributed by atoms with Crippen LogP contribution in [0.2, 0.25) is 0 Å². The predicted molar refractivity (Wildman–Crippen MR) is 71.9 cm³/mol. The summed E-state index contributed by atoms with van der Waals surface area (Å²) in [4.78, 5) is 11.4. The van der Waals surface area contributed by atoms with Gasteiger partial charge in [0.15, 0.2) is 5.84 Å². The molecule has 0 atom stereocenters. The largest absolute Gasteiger partial charge is 0.447 e. The first-order valence-corrected chi connectivity index (χ1v) is 5.98. The Morgan fingerprint density at radius 2 is 2.22 bits per heavy atom. The molecule has 0 aromatic heterocycles. The summed E-state index contributed by atoms with van der Waals surface area (Å²) in [7, 11) is 0. The second kappa shape index (κ2) is 6.25. The van der Waals surface area contributed by atoms with E-state index in [1.165, 1.54) is 0 Å². The normalized spacial score (nSPS) is 11.4. The summed E-state index contributed by atoms with van der Waals surface area (Å²) < 4.78 is 5.55. The van der Waals surface area contributed by atoms with Crippen LogP contribution in [-0.4, -0.2) is 23.2 Å². The van der Waals surface area contributed by atoms with Crippen molar-refractivity contribution in [2.24, 2.45) is 10.9 Å². The number of oxime groups is 1. The van der Waals surface area contributed by atoms with E-state index in [-0.39, 0.29) is 11.9 Å². The maximum atomic E-state index is 11.4. The Hall–Kier alpha value is -1.76. The molecule has 0 spiro atoms. The molecule has 0 aliphatic carbocycles. The van der Waals surface area contributed by atoms with Gasteiger partial charge in [-0.2, -0.15) is 0 Å². The maximum Gasteiger partial charge on any atom is 0.411 e. The van der Waals surface area contributed by atoms with E-state index in [0.29, 0.717) is 15.7 Å². The number of halogens is 1. The highest BCUT2D eigenvalue weighted by atomic mass is 79.9. The van der Waals surface area contributed by atoms with Gasteiger partial charge < -0.3 is 15.7 Å². The molecular weight excluding hydrogens is 302 g/mol. The average Bonchev–Trinajstić information content (AvgIpc) is 2.29. The number of nitrogens with one attached hydrogen (secondary N) is 1. The molecule has 98 valence electrons. The number of nitrogens with zero attached hydrogens (tertiary/aromatic N) is 1. The number of benzene rings is 1. The maximum absolute atomic E-state index is 11.4. The van der Waals surface area contributed by atoms with E-state index in [4.69, 9.17) is 15.7 Å². The zero-order chi connectivity index (χ0) is 13.7. The molecule has 6 nitrogen and oxygen atoms in total. The number of hydrogen-bond donors (Lipinski definition) is 3. The zero-order valence-corrected chi connectivity index (χ0v) is 11.6. The molecule has 0 bridgehead atoms. The number of carbonyl (C=O) groups excluding carboxylic acids is 1. The van der Waals surface area contributed by atoms with E-state index >= 15 is 0 Å². The first kappa shape index (κ1) is 14.3. The minimum absolute atomic E-state index is 0.00740. The molecule has 18 heavy (non-hydrogen) atoms. The van der Waals surface area contributed by atoms with Gasteiger partial charge in [0.2, 0.25) is 0 Å². The third-order valence-corrected chi connectivity index (χ3v) is 2.61. The third-order valence-electron chi connectivity index (χ3n) is 1.95. The summed E-state index contributed by atoms with van der Waals surface area (Å²) in [5.41, 5.74) is 6.52. The Labute approximate surface area is 113 Å². The van der Waals surface area contributed by atoms with Crippen LogP contribution in [0.15, 0.2) is 27.8 Å². The van der Waals surface area contributed by atoms with Crippen LogP contribution in [0.5, 0.6) is 0 Å². The topological polar surface area (TPSA) is 96.9 Å². The van der Waals surface area contributed by atoms with Crippen LogP contribution in [0.4, 0.5) is 10.5 Å². The second-order valence-corrected chi connectivity index (χ2v) is 4.61. The van der Waals surface area contributed by atoms with E-state index < -0.39 is 6.09 Å². The highest BCUT2D eigenvalue weighted by Crippen LogP contribution is 2.23. The van der Waals surface area contributed by atoms with Crippen LogP contribution in [0.3, 0.4) is 0 Å². The Morgan fingerprint density at radius 1 is 1.56 bits per heavy atom. The van der Waals surface area contributed by atoms with E-state index in [0.717, 1.165) is 0 Å². The molecule has 1 amide bonds. The van der Waals surface area contributed by atoms with E-state index in [2.05, 4.69) is 26.4 Å². The number of rotatable bonds is 3. The highest BCUT2D eigenvalue weighted by molar-refractivity contribution is 9.10. The van der Waals surface area contributed by atoms with Crippen LogP contribution < -0.4 is 11.1 Å². The quantitative estimate of drug-likeness (QED) is 0.345. The van der Waals surface area contributed by atoms with Crippen molar-refractivity contribution in [1.82, 2.24) is 0 Å². The number of nitrogens with two attached hydrogens (primary N) is 1. The summed E-state index contributed by atoms with van der Waals surface area (Å²) in [5.74, 6) is -0.00740. The number of amides is 1. The van der Waals surface area contributed by atoms with Crippen LogP contribution >= 0.6 is 15.9 Å². The number of anilines is 1. The zero-order valence-electron chi connectivity index (χ0n) is 9.98. The molecule has 0 saturated heterocycles. The fraction of sp³-hybridized carbons (Fsp3) is 0.273. The number of amidine groups is 1. The van der Waals surface area contributed by atoms with Gasteiger partial charge in [0.25, 0.3) is 0 Å². The van der Waals surface area contributed by atoms with Gasteiger partial charge in [-0.1, -0.05) is 5.16 Å². The van der Waals surface area contributed by atoms with E-state index in [1.54, 1.807) is 32.0 Å². The minimum Gasteiger partial charge on any atom is -0.447 e. The van der Waals surface area contributed by atoms with E-state index in [9.17, 15) is 4.79 Å². The minimum atomic E-state index is -0.540. The van der Waals surface area contributed by atoms with Gasteiger partial charge in [0.05, 0.1) is 11.8 Å². The molecular formula is C11H14BrN3O3. The van der Waals surface area contributed by atoms with Crippen molar-refractivity contribution in [2.45, 2.75) is 20.0 Å². The van der Waals surface area contributed by atoms with Gasteiger partial charge in [0.1, 0.15) is 0 Å². The summed E-state index contributed by atoms with van der Waals surface area (Å²) >= 11 is 3.28. The van der Waals surface area contributed by atoms with E-state index in [1.807, 2.05) is 0 Å². The van der Waals surface area contributed by atoms with Crippen molar-refractivity contribution in [1.29, 1.82) is 0 Å². The lowest BCUT2D eigenvalue weighted by Crippen LogP contribution is -2.18. The summed E-state index contributed by atoms with van der Waals surface area (Å²) in [6, 6.07) is 4.86. The molecule has 7 heteroatoms. The highest BCUT2D eigenvalue weighted by Gasteiger charge is 2.09. The van der Waals surface area contributed by atoms with Crippen molar-refractivity contribution in [3.05, 3.63) is 28.2 Å². The van der Waals surface area contributed by atoms with Gasteiger partial charge in [0, 0.05) is 10.0 Å². The molecule has 0 unspecified atom stereocenters. The van der Waals surface area contributed by atoms with Crippen LogP contribution in [0.25, 0.3) is 0 Å².